The summed E-state index contributed by atoms with van der Waals surface area (Å²) < 4.78 is 32.8. The summed E-state index contributed by atoms with van der Waals surface area (Å²) >= 11 is 5.87. The predicted molar refractivity (Wildman–Crippen MR) is 96.1 cm³/mol. The number of amides is 1. The number of sulfonamides is 1. The molecule has 1 aliphatic rings. The van der Waals surface area contributed by atoms with E-state index in [0.29, 0.717) is 29.4 Å². The Morgan fingerprint density at radius 1 is 1.31 bits per heavy atom. The highest BCUT2D eigenvalue weighted by Crippen LogP contribution is 2.25. The van der Waals surface area contributed by atoms with Crippen molar-refractivity contribution in [1.82, 2.24) is 14.8 Å². The van der Waals surface area contributed by atoms with Gasteiger partial charge in [-0.2, -0.15) is 4.31 Å². The Hall–Kier alpha value is -1.90. The summed E-state index contributed by atoms with van der Waals surface area (Å²) in [5.74, 6) is 0.286. The van der Waals surface area contributed by atoms with Crippen LogP contribution >= 0.6 is 11.6 Å². The summed E-state index contributed by atoms with van der Waals surface area (Å²) in [6, 6.07) is 6.77. The van der Waals surface area contributed by atoms with Crippen LogP contribution in [0.15, 0.2) is 39.8 Å². The number of hydrogen-bond donors (Lipinski definition) is 1. The van der Waals surface area contributed by atoms with Gasteiger partial charge in [0.2, 0.25) is 15.9 Å². The number of nitrogens with one attached hydrogen (secondary N) is 1. The highest BCUT2D eigenvalue weighted by atomic mass is 35.5. The first-order valence-corrected chi connectivity index (χ1v) is 10.2. The van der Waals surface area contributed by atoms with Crippen LogP contribution in [0.2, 0.25) is 5.02 Å². The van der Waals surface area contributed by atoms with E-state index in [1.54, 1.807) is 13.0 Å². The summed E-state index contributed by atoms with van der Waals surface area (Å²) in [7, 11) is -3.92. The molecule has 2 aromatic rings. The number of halogens is 1. The van der Waals surface area contributed by atoms with Crippen LogP contribution in [0.1, 0.15) is 30.7 Å². The van der Waals surface area contributed by atoms with E-state index >= 15 is 0 Å². The van der Waals surface area contributed by atoms with E-state index < -0.39 is 16.1 Å². The summed E-state index contributed by atoms with van der Waals surface area (Å²) in [6.45, 7) is 2.24. The molecular formula is C17H20ClN3O4S. The molecule has 3 rings (SSSR count). The zero-order chi connectivity index (χ0) is 18.7. The summed E-state index contributed by atoms with van der Waals surface area (Å²) in [4.78, 5) is 12.6. The van der Waals surface area contributed by atoms with Crippen molar-refractivity contribution in [2.45, 2.75) is 43.7 Å². The molecule has 0 radical (unpaired) electrons. The Balaban J connectivity index is 2.00. The molecule has 9 heteroatoms. The van der Waals surface area contributed by atoms with Crippen LogP contribution in [0.4, 0.5) is 0 Å². The molecule has 26 heavy (non-hydrogen) atoms. The maximum atomic E-state index is 13.3. The fourth-order valence-electron chi connectivity index (χ4n) is 2.95. The molecule has 0 aliphatic carbocycles. The first-order chi connectivity index (χ1) is 12.4. The number of carbonyl (C=O) groups excluding carboxylic acids is 1. The van der Waals surface area contributed by atoms with E-state index in [-0.39, 0.29) is 17.3 Å². The van der Waals surface area contributed by atoms with Gasteiger partial charge >= 0.3 is 0 Å². The van der Waals surface area contributed by atoms with E-state index in [4.69, 9.17) is 16.1 Å². The quantitative estimate of drug-likeness (QED) is 0.836. The Morgan fingerprint density at radius 3 is 2.69 bits per heavy atom. The molecule has 1 amide bonds. The Morgan fingerprint density at radius 2 is 2.04 bits per heavy atom. The molecule has 1 atom stereocenters. The van der Waals surface area contributed by atoms with Gasteiger partial charge in [-0.25, -0.2) is 8.42 Å². The molecule has 0 unspecified atom stereocenters. The topological polar surface area (TPSA) is 92.5 Å². The molecule has 1 aromatic carbocycles. The second-order valence-electron chi connectivity index (χ2n) is 6.24. The molecule has 1 saturated heterocycles. The summed E-state index contributed by atoms with van der Waals surface area (Å²) in [5, 5.41) is 7.11. The SMILES string of the molecule is Cc1cc(CN([C@@H]2CCCCNC2=O)S(=O)(=O)c2ccc(Cl)cc2)no1. The maximum absolute atomic E-state index is 13.3. The van der Waals surface area contributed by atoms with Gasteiger partial charge in [-0.1, -0.05) is 16.8 Å². The van der Waals surface area contributed by atoms with Crippen LogP contribution in [0.3, 0.4) is 0 Å². The van der Waals surface area contributed by atoms with Crippen molar-refractivity contribution in [1.29, 1.82) is 0 Å². The van der Waals surface area contributed by atoms with Crippen molar-refractivity contribution < 1.29 is 17.7 Å². The largest absolute Gasteiger partial charge is 0.361 e. The van der Waals surface area contributed by atoms with Crippen LogP contribution in [-0.2, 0) is 21.4 Å². The van der Waals surface area contributed by atoms with Crippen LogP contribution in [-0.4, -0.2) is 36.4 Å². The van der Waals surface area contributed by atoms with E-state index in [2.05, 4.69) is 10.5 Å². The minimum absolute atomic E-state index is 0.0413. The minimum atomic E-state index is -3.92. The Bertz CT molecular complexity index is 880. The van der Waals surface area contributed by atoms with E-state index in [0.717, 1.165) is 12.8 Å². The Labute approximate surface area is 157 Å². The van der Waals surface area contributed by atoms with Gasteiger partial charge in [0, 0.05) is 17.6 Å². The zero-order valence-corrected chi connectivity index (χ0v) is 15.9. The number of hydrogen-bond acceptors (Lipinski definition) is 5. The van der Waals surface area contributed by atoms with Crippen LogP contribution in [0.25, 0.3) is 0 Å². The second kappa shape index (κ2) is 7.77. The lowest BCUT2D eigenvalue weighted by atomic mass is 10.1. The van der Waals surface area contributed by atoms with Crippen molar-refractivity contribution in [3.63, 3.8) is 0 Å². The van der Waals surface area contributed by atoms with Crippen molar-refractivity contribution in [2.24, 2.45) is 0 Å². The third kappa shape index (κ3) is 4.08. The third-order valence-corrected chi connectivity index (χ3v) is 6.39. The lowest BCUT2D eigenvalue weighted by molar-refractivity contribution is -0.124. The maximum Gasteiger partial charge on any atom is 0.244 e. The number of carbonyl (C=O) groups is 1. The summed E-state index contributed by atoms with van der Waals surface area (Å²) in [6.07, 6.45) is 2.03. The van der Waals surface area contributed by atoms with Crippen LogP contribution in [0, 0.1) is 6.92 Å². The van der Waals surface area contributed by atoms with Crippen LogP contribution < -0.4 is 5.32 Å². The number of aromatic nitrogens is 1. The van der Waals surface area contributed by atoms with Gasteiger partial charge in [-0.15, -0.1) is 0 Å². The number of aryl methyl sites for hydroxylation is 1. The molecule has 1 aromatic heterocycles. The van der Waals surface area contributed by atoms with Crippen molar-refractivity contribution >= 4 is 27.5 Å². The van der Waals surface area contributed by atoms with Gasteiger partial charge in [-0.05, 0) is 50.5 Å². The van der Waals surface area contributed by atoms with E-state index in [1.165, 1.54) is 28.6 Å². The molecule has 140 valence electrons. The molecule has 1 N–H and O–H groups in total. The van der Waals surface area contributed by atoms with E-state index in [1.807, 2.05) is 0 Å². The minimum Gasteiger partial charge on any atom is -0.361 e. The third-order valence-electron chi connectivity index (χ3n) is 4.27. The normalized spacial score (nSPS) is 18.6. The predicted octanol–water partition coefficient (Wildman–Crippen LogP) is 2.50. The highest BCUT2D eigenvalue weighted by molar-refractivity contribution is 7.89. The van der Waals surface area contributed by atoms with Gasteiger partial charge in [0.25, 0.3) is 0 Å². The summed E-state index contributed by atoms with van der Waals surface area (Å²) in [5.41, 5.74) is 0.456. The standard InChI is InChI=1S/C17H20ClN3O4S/c1-12-10-14(20-25-12)11-21(16-4-2-3-9-19-17(16)22)26(23,24)15-7-5-13(18)6-8-15/h5-8,10,16H,2-4,9,11H2,1H3,(H,19,22)/t16-/m1/s1. The first-order valence-electron chi connectivity index (χ1n) is 8.35. The fraction of sp³-hybridized carbons (Fsp3) is 0.412. The van der Waals surface area contributed by atoms with Crippen LogP contribution in [0.5, 0.6) is 0 Å². The van der Waals surface area contributed by atoms with Gasteiger partial charge < -0.3 is 9.84 Å². The van der Waals surface area contributed by atoms with Gasteiger partial charge in [-0.3, -0.25) is 4.79 Å². The molecule has 1 fully saturated rings. The first kappa shape index (κ1) is 18.9. The lowest BCUT2D eigenvalue weighted by Crippen LogP contribution is -2.48. The smallest absolute Gasteiger partial charge is 0.244 e. The molecule has 0 bridgehead atoms. The molecule has 0 spiro atoms. The Kier molecular flexibility index (Phi) is 5.64. The fourth-order valence-corrected chi connectivity index (χ4v) is 4.67. The van der Waals surface area contributed by atoms with Gasteiger partial charge in [0.05, 0.1) is 17.1 Å². The number of rotatable bonds is 5. The lowest BCUT2D eigenvalue weighted by Gasteiger charge is -2.28. The monoisotopic (exact) mass is 397 g/mol. The number of benzene rings is 1. The molecule has 1 aliphatic heterocycles. The van der Waals surface area contributed by atoms with E-state index in [9.17, 15) is 13.2 Å². The van der Waals surface area contributed by atoms with Gasteiger partial charge in [0.15, 0.2) is 0 Å². The van der Waals surface area contributed by atoms with Crippen molar-refractivity contribution in [2.75, 3.05) is 6.54 Å². The average molecular weight is 398 g/mol. The van der Waals surface area contributed by atoms with Crippen molar-refractivity contribution in [3.8, 4) is 0 Å². The number of nitrogens with zero attached hydrogens (tertiary/aromatic N) is 2. The second-order valence-corrected chi connectivity index (χ2v) is 8.56. The molecule has 7 nitrogen and oxygen atoms in total. The zero-order valence-electron chi connectivity index (χ0n) is 14.3. The average Bonchev–Trinajstić information content (AvgIpc) is 2.89. The van der Waals surface area contributed by atoms with Crippen molar-refractivity contribution in [3.05, 3.63) is 46.8 Å². The highest BCUT2D eigenvalue weighted by Gasteiger charge is 2.37. The molecule has 2 heterocycles. The van der Waals surface area contributed by atoms with Gasteiger partial charge in [0.1, 0.15) is 11.8 Å². The molecule has 0 saturated carbocycles. The molecular weight excluding hydrogens is 378 g/mol.